The molecule has 1 aliphatic carbocycles. The van der Waals surface area contributed by atoms with Crippen molar-refractivity contribution < 1.29 is 14.6 Å². The van der Waals surface area contributed by atoms with Crippen LogP contribution in [-0.2, 0) is 16.1 Å². The number of ether oxygens (including phenoxy) is 1. The minimum Gasteiger partial charge on any atom is -0.480 e. The lowest BCUT2D eigenvalue weighted by Crippen LogP contribution is -2.49. The van der Waals surface area contributed by atoms with Gasteiger partial charge in [-0.05, 0) is 50.0 Å². The van der Waals surface area contributed by atoms with Gasteiger partial charge in [-0.2, -0.15) is 5.21 Å². The Labute approximate surface area is 122 Å². The van der Waals surface area contributed by atoms with E-state index in [-0.39, 0.29) is 6.04 Å². The number of aromatic nitrogens is 4. The van der Waals surface area contributed by atoms with Gasteiger partial charge in [0.1, 0.15) is 12.6 Å². The maximum absolute atomic E-state index is 11.1. The number of aromatic amines is 1. The summed E-state index contributed by atoms with van der Waals surface area (Å²) in [6.45, 7) is 1.89. The maximum atomic E-state index is 11.1. The summed E-state index contributed by atoms with van der Waals surface area (Å²) in [4.78, 5) is 11.1. The Morgan fingerprint density at radius 2 is 2.24 bits per heavy atom. The van der Waals surface area contributed by atoms with E-state index in [0.717, 1.165) is 32.2 Å². The molecule has 2 fully saturated rings. The zero-order chi connectivity index (χ0) is 14.7. The van der Waals surface area contributed by atoms with Crippen molar-refractivity contribution in [2.24, 2.45) is 17.8 Å². The van der Waals surface area contributed by atoms with Crippen LogP contribution in [0.4, 0.5) is 0 Å². The van der Waals surface area contributed by atoms with Gasteiger partial charge in [0.05, 0.1) is 6.61 Å². The lowest BCUT2D eigenvalue weighted by Gasteiger charge is -2.41. The van der Waals surface area contributed by atoms with Crippen molar-refractivity contribution in [1.29, 1.82) is 0 Å². The molecular formula is C13H21N5O3. The van der Waals surface area contributed by atoms with E-state index in [1.54, 1.807) is 0 Å². The summed E-state index contributed by atoms with van der Waals surface area (Å²) in [6.07, 6.45) is 4.09. The van der Waals surface area contributed by atoms with Gasteiger partial charge in [-0.15, -0.1) is 10.2 Å². The summed E-state index contributed by atoms with van der Waals surface area (Å²) in [5.41, 5.74) is 0. The molecule has 116 valence electrons. The van der Waals surface area contributed by atoms with E-state index in [9.17, 15) is 4.79 Å². The number of carboxylic acids is 1. The second kappa shape index (κ2) is 6.48. The zero-order valence-electron chi connectivity index (χ0n) is 11.9. The Morgan fingerprint density at radius 1 is 1.33 bits per heavy atom. The topological polar surface area (TPSA) is 113 Å². The number of tetrazole rings is 1. The number of piperidine rings is 1. The molecule has 1 aromatic heterocycles. The molecule has 0 aromatic carbocycles. The molecule has 1 saturated carbocycles. The van der Waals surface area contributed by atoms with Crippen LogP contribution >= 0.6 is 0 Å². The molecule has 0 radical (unpaired) electrons. The predicted molar refractivity (Wildman–Crippen MR) is 72.2 cm³/mol. The second-order valence-electron chi connectivity index (χ2n) is 6.08. The Bertz CT molecular complexity index is 466. The highest BCUT2D eigenvalue weighted by Crippen LogP contribution is 2.38. The number of hydrogen-bond donors (Lipinski definition) is 3. The Hall–Kier alpha value is -1.54. The van der Waals surface area contributed by atoms with E-state index in [2.05, 4.69) is 25.9 Å². The van der Waals surface area contributed by atoms with Gasteiger partial charge in [0.15, 0.2) is 5.82 Å². The van der Waals surface area contributed by atoms with E-state index >= 15 is 0 Å². The van der Waals surface area contributed by atoms with Crippen molar-refractivity contribution in [2.75, 3.05) is 13.2 Å². The molecule has 4 atom stereocenters. The molecule has 1 aromatic rings. The number of rotatable bonds is 5. The predicted octanol–water partition coefficient (Wildman–Crippen LogP) is 0.195. The van der Waals surface area contributed by atoms with Gasteiger partial charge >= 0.3 is 5.97 Å². The largest absolute Gasteiger partial charge is 0.480 e. The number of H-pyrrole nitrogens is 1. The number of nitrogens with zero attached hydrogens (tertiary/aromatic N) is 3. The summed E-state index contributed by atoms with van der Waals surface area (Å²) < 4.78 is 5.65. The summed E-state index contributed by atoms with van der Waals surface area (Å²) in [6, 6.07) is -0.384. The number of aliphatic carboxylic acids is 1. The van der Waals surface area contributed by atoms with Gasteiger partial charge < -0.3 is 15.2 Å². The van der Waals surface area contributed by atoms with Crippen molar-refractivity contribution in [1.82, 2.24) is 25.9 Å². The van der Waals surface area contributed by atoms with Crippen molar-refractivity contribution in [2.45, 2.75) is 38.3 Å². The van der Waals surface area contributed by atoms with E-state index in [0.29, 0.717) is 36.8 Å². The molecule has 3 N–H and O–H groups in total. The first kappa shape index (κ1) is 14.4. The Kier molecular flexibility index (Phi) is 4.45. The zero-order valence-corrected chi connectivity index (χ0v) is 11.9. The molecule has 2 heterocycles. The minimum absolute atomic E-state index is 0.375. The van der Waals surface area contributed by atoms with Crippen LogP contribution in [0.15, 0.2) is 0 Å². The fourth-order valence-electron chi connectivity index (χ4n) is 3.56. The SMILES string of the molecule is O=C(O)[C@H]1CC2CC(COCc3nn[nH]n3)CCC2CN1. The molecule has 1 aliphatic heterocycles. The number of carbonyl (C=O) groups is 1. The number of carboxylic acid groups (broad SMARTS) is 1. The summed E-state index contributed by atoms with van der Waals surface area (Å²) >= 11 is 0. The Balaban J connectivity index is 1.45. The first-order chi connectivity index (χ1) is 10.2. The molecule has 8 heteroatoms. The van der Waals surface area contributed by atoms with Crippen molar-refractivity contribution >= 4 is 5.97 Å². The van der Waals surface area contributed by atoms with E-state index in [1.807, 2.05) is 0 Å². The monoisotopic (exact) mass is 295 g/mol. The molecule has 8 nitrogen and oxygen atoms in total. The van der Waals surface area contributed by atoms with Crippen LogP contribution in [0.2, 0.25) is 0 Å². The third-order valence-corrected chi connectivity index (χ3v) is 4.69. The third kappa shape index (κ3) is 3.56. The molecule has 21 heavy (non-hydrogen) atoms. The molecule has 1 saturated heterocycles. The Morgan fingerprint density at radius 3 is 3.00 bits per heavy atom. The lowest BCUT2D eigenvalue weighted by molar-refractivity contribution is -0.141. The fraction of sp³-hybridized carbons (Fsp3) is 0.846. The molecule has 0 bridgehead atoms. The smallest absolute Gasteiger partial charge is 0.320 e. The average molecular weight is 295 g/mol. The highest BCUT2D eigenvalue weighted by Gasteiger charge is 2.37. The molecule has 3 rings (SSSR count). The highest BCUT2D eigenvalue weighted by molar-refractivity contribution is 5.73. The van der Waals surface area contributed by atoms with Gasteiger partial charge in [0, 0.05) is 0 Å². The number of fused-ring (bicyclic) bond motifs is 1. The normalized spacial score (nSPS) is 32.6. The molecule has 3 unspecified atom stereocenters. The van der Waals surface area contributed by atoms with Gasteiger partial charge in [0.2, 0.25) is 0 Å². The van der Waals surface area contributed by atoms with E-state index < -0.39 is 5.97 Å². The van der Waals surface area contributed by atoms with Gasteiger partial charge in [-0.3, -0.25) is 4.79 Å². The van der Waals surface area contributed by atoms with Crippen molar-refractivity contribution in [3.63, 3.8) is 0 Å². The van der Waals surface area contributed by atoms with Gasteiger partial charge in [0.25, 0.3) is 0 Å². The fourth-order valence-corrected chi connectivity index (χ4v) is 3.56. The number of nitrogens with one attached hydrogen (secondary N) is 2. The van der Waals surface area contributed by atoms with Crippen LogP contribution in [0.1, 0.15) is 31.5 Å². The molecule has 0 spiro atoms. The van der Waals surface area contributed by atoms with Crippen molar-refractivity contribution in [3.8, 4) is 0 Å². The van der Waals surface area contributed by atoms with Gasteiger partial charge in [-0.1, -0.05) is 5.21 Å². The summed E-state index contributed by atoms with van der Waals surface area (Å²) in [5.74, 6) is 1.46. The molecule has 2 aliphatic rings. The maximum Gasteiger partial charge on any atom is 0.320 e. The van der Waals surface area contributed by atoms with E-state index in [4.69, 9.17) is 9.84 Å². The van der Waals surface area contributed by atoms with E-state index in [1.165, 1.54) is 0 Å². The van der Waals surface area contributed by atoms with Crippen molar-refractivity contribution in [3.05, 3.63) is 5.82 Å². The first-order valence-corrected chi connectivity index (χ1v) is 7.48. The quantitative estimate of drug-likeness (QED) is 0.711. The number of hydrogen-bond acceptors (Lipinski definition) is 6. The van der Waals surface area contributed by atoms with Crippen LogP contribution in [0.25, 0.3) is 0 Å². The van der Waals surface area contributed by atoms with Crippen LogP contribution in [0.5, 0.6) is 0 Å². The second-order valence-corrected chi connectivity index (χ2v) is 6.08. The van der Waals surface area contributed by atoms with Crippen LogP contribution in [-0.4, -0.2) is 50.9 Å². The average Bonchev–Trinajstić information content (AvgIpc) is 2.99. The highest BCUT2D eigenvalue weighted by atomic mass is 16.5. The van der Waals surface area contributed by atoms with Crippen LogP contribution < -0.4 is 5.32 Å². The molecule has 0 amide bonds. The van der Waals surface area contributed by atoms with Crippen LogP contribution in [0, 0.1) is 17.8 Å². The lowest BCUT2D eigenvalue weighted by atomic mass is 9.70. The van der Waals surface area contributed by atoms with Gasteiger partial charge in [-0.25, -0.2) is 0 Å². The summed E-state index contributed by atoms with van der Waals surface area (Å²) in [7, 11) is 0. The minimum atomic E-state index is -0.732. The standard InChI is InChI=1S/C13H21N5O3/c19-13(20)11-4-10-3-8(1-2-9(10)5-14-11)6-21-7-12-15-17-18-16-12/h8-11,14H,1-7H2,(H,19,20)(H,15,16,17,18)/t8?,9?,10?,11-/m1/s1. The molecular weight excluding hydrogens is 274 g/mol. The first-order valence-electron chi connectivity index (χ1n) is 7.48. The third-order valence-electron chi connectivity index (χ3n) is 4.69. The van der Waals surface area contributed by atoms with Crippen LogP contribution in [0.3, 0.4) is 0 Å². The summed E-state index contributed by atoms with van der Waals surface area (Å²) in [5, 5.41) is 25.8.